The van der Waals surface area contributed by atoms with Crippen LogP contribution in [-0.2, 0) is 51.0 Å². The lowest BCUT2D eigenvalue weighted by Crippen LogP contribution is -2.63. The van der Waals surface area contributed by atoms with E-state index in [9.17, 15) is 29.1 Å². The molecule has 4 heterocycles. The molecule has 362 valence electrons. The van der Waals surface area contributed by atoms with Gasteiger partial charge in [0.1, 0.15) is 40.7 Å². The Labute approximate surface area is 398 Å². The number of nitrogens with zero attached hydrogens (tertiary/aromatic N) is 6. The average molecular weight is 978 g/mol. The van der Waals surface area contributed by atoms with Crippen molar-refractivity contribution in [3.8, 4) is 5.75 Å². The van der Waals surface area contributed by atoms with Gasteiger partial charge in [-0.3, -0.25) is 19.7 Å². The summed E-state index contributed by atoms with van der Waals surface area (Å²) < 4.78 is 29.1. The van der Waals surface area contributed by atoms with Gasteiger partial charge in [-0.2, -0.15) is 0 Å². The number of amides is 4. The van der Waals surface area contributed by atoms with Crippen LogP contribution in [0.1, 0.15) is 78.6 Å². The maximum Gasteiger partial charge on any atom is 0.409 e. The number of alkyl carbamates (subject to hydrolysis) is 1. The summed E-state index contributed by atoms with van der Waals surface area (Å²) in [5.41, 5.74) is -1.04. The molecule has 1 aromatic carbocycles. The Morgan fingerprint density at radius 3 is 2.59 bits per heavy atom. The molecule has 0 aliphatic carbocycles. The van der Waals surface area contributed by atoms with E-state index in [0.717, 1.165) is 11.1 Å². The highest BCUT2D eigenvalue weighted by Crippen LogP contribution is 2.49. The minimum atomic E-state index is -1.85. The van der Waals surface area contributed by atoms with E-state index in [0.29, 0.717) is 36.6 Å². The van der Waals surface area contributed by atoms with E-state index >= 15 is 0 Å². The number of halogens is 1. The van der Waals surface area contributed by atoms with Crippen molar-refractivity contribution in [3.05, 3.63) is 58.7 Å². The Balaban J connectivity index is 1.30. The van der Waals surface area contributed by atoms with E-state index in [-0.39, 0.29) is 53.1 Å². The van der Waals surface area contributed by atoms with Crippen LogP contribution < -0.4 is 20.3 Å². The number of anilines is 1. The molecule has 2 saturated heterocycles. The molecule has 0 saturated carbocycles. The molecule has 3 N–H and O–H groups in total. The maximum atomic E-state index is 14.3. The smallest absolute Gasteiger partial charge is 0.409 e. The van der Waals surface area contributed by atoms with Gasteiger partial charge in [-0.05, 0) is 65.2 Å². The molecule has 22 heteroatoms. The van der Waals surface area contributed by atoms with Gasteiger partial charge in [-0.25, -0.2) is 9.59 Å². The second kappa shape index (κ2) is 22.5. The number of epoxide rings is 1. The Kier molecular flexibility index (Phi) is 17.9. The third kappa shape index (κ3) is 13.3. The third-order valence-corrected chi connectivity index (χ3v) is 15.8. The summed E-state index contributed by atoms with van der Waals surface area (Å²) in [6.45, 7) is 11.4. The van der Waals surface area contributed by atoms with Crippen LogP contribution in [0.3, 0.4) is 0 Å². The Morgan fingerprint density at radius 1 is 1.20 bits per heavy atom. The van der Waals surface area contributed by atoms with Crippen LogP contribution in [0.25, 0.3) is 0 Å². The van der Waals surface area contributed by atoms with Gasteiger partial charge in [-0.1, -0.05) is 63.9 Å². The molecule has 0 radical (unpaired) electrons. The number of hydrogen-bond acceptors (Lipinski definition) is 17. The number of hydrogen-bond donors (Lipinski definition) is 3. The van der Waals surface area contributed by atoms with Gasteiger partial charge >= 0.3 is 12.1 Å². The number of rotatable bonds is 15. The van der Waals surface area contributed by atoms with Crippen molar-refractivity contribution >= 4 is 68.7 Å². The zero-order valence-corrected chi connectivity index (χ0v) is 41.4. The van der Waals surface area contributed by atoms with Crippen molar-refractivity contribution in [3.63, 3.8) is 0 Å². The molecule has 0 spiro atoms. The van der Waals surface area contributed by atoms with Crippen LogP contribution in [0.15, 0.2) is 42.3 Å². The topological polar surface area (TPSA) is 237 Å². The van der Waals surface area contributed by atoms with Crippen molar-refractivity contribution in [1.29, 1.82) is 0 Å². The van der Waals surface area contributed by atoms with Crippen LogP contribution in [-0.4, -0.2) is 147 Å². The summed E-state index contributed by atoms with van der Waals surface area (Å²) in [7, 11) is 9.15. The molecule has 8 atom stereocenters. The lowest BCUT2D eigenvalue weighted by molar-refractivity contribution is -0.162. The van der Waals surface area contributed by atoms with Gasteiger partial charge in [0.05, 0.1) is 31.7 Å². The first kappa shape index (κ1) is 52.4. The number of ether oxygens (including phenoxy) is 5. The van der Waals surface area contributed by atoms with Gasteiger partial charge in [0.15, 0.2) is 17.9 Å². The zero-order valence-electron chi connectivity index (χ0n) is 39.0. The first-order valence-electron chi connectivity index (χ1n) is 21.5. The Hall–Kier alpha value is -4.54. The van der Waals surface area contributed by atoms with Gasteiger partial charge in [0, 0.05) is 57.0 Å². The van der Waals surface area contributed by atoms with E-state index < -0.39 is 65.7 Å². The van der Waals surface area contributed by atoms with Crippen molar-refractivity contribution in [2.75, 3.05) is 45.5 Å². The standard InChI is InChI=1S/C44H61ClN8O11S2/c1-25-12-11-13-32(61-10)44(59)23-31(62-41(58)49-44)26(2)39-43(6,64-39)33(21-37(56)53(8)29-19-28(18-25)20-30(60-9)38(29)45)63-40(57)27(3)52(7)36(55)14-15-42(4,5)66-65-17-16-46-35(54)22-34-50-47-24-48-51-34/h11-13,19-20,24,26-27,31-33,39,59H,14-18,21-23H2,1-10H3,(H,46,54)(H,49,58)/b13-11+,25-12+/t26-,27+,31+,32-,33+,39+,43+,44+/m1/s1. The minimum Gasteiger partial charge on any atom is -0.495 e. The van der Waals surface area contributed by atoms with Crippen molar-refractivity contribution in [1.82, 2.24) is 35.9 Å². The molecule has 4 amide bonds. The second-order valence-electron chi connectivity index (χ2n) is 17.6. The molecule has 2 fully saturated rings. The molecule has 19 nitrogen and oxygen atoms in total. The lowest BCUT2D eigenvalue weighted by atomic mass is 9.83. The fraction of sp³-hybridized carbons (Fsp3) is 0.614. The lowest BCUT2D eigenvalue weighted by Gasteiger charge is -2.42. The number of aliphatic hydroxyl groups is 1. The number of esters is 1. The average Bonchev–Trinajstić information content (AvgIpc) is 3.97. The number of nitrogens with one attached hydrogen (secondary N) is 2. The molecule has 2 aromatic rings. The minimum absolute atomic E-state index is 0.0234. The number of likely N-dealkylation sites (N-methyl/N-ethyl adjacent to an activating group) is 1. The summed E-state index contributed by atoms with van der Waals surface area (Å²) >= 11 is 6.81. The number of fused-ring (bicyclic) bond motifs is 5. The summed E-state index contributed by atoms with van der Waals surface area (Å²) in [5, 5.41) is 32.1. The highest BCUT2D eigenvalue weighted by atomic mass is 35.5. The van der Waals surface area contributed by atoms with E-state index in [2.05, 4.69) is 31.0 Å². The first-order valence-corrected chi connectivity index (χ1v) is 24.2. The first-order chi connectivity index (χ1) is 31.1. The molecule has 5 rings (SSSR count). The van der Waals surface area contributed by atoms with Gasteiger partial charge in [0.25, 0.3) is 0 Å². The zero-order chi connectivity index (χ0) is 48.6. The summed E-state index contributed by atoms with van der Waals surface area (Å²) in [6, 6.07) is 2.52. The van der Waals surface area contributed by atoms with Crippen molar-refractivity contribution < 1.29 is 52.8 Å². The number of methoxy groups -OCH3 is 2. The maximum absolute atomic E-state index is 14.3. The Morgan fingerprint density at radius 2 is 1.91 bits per heavy atom. The SMILES string of the molecule is COc1cc2cc(c1Cl)N(C)C(=O)C[C@H](OC(=O)[C@H](C)N(C)C(=O)CCC(C)(C)SSCCNC(=O)Cc1nncnn1)[C@]1(C)O[C@H]1[C@H](C)[C@@H]1C[C@@](O)(NC(=O)O1)[C@H](OC)/C=C/C=C(\C)C2. The molecule has 3 aliphatic rings. The van der Waals surface area contributed by atoms with E-state index in [1.165, 1.54) is 37.4 Å². The predicted octanol–water partition coefficient (Wildman–Crippen LogP) is 4.39. The van der Waals surface area contributed by atoms with E-state index in [1.807, 2.05) is 26.8 Å². The molecule has 4 bridgehead atoms. The van der Waals surface area contributed by atoms with Crippen LogP contribution in [0, 0.1) is 5.92 Å². The molecular weight excluding hydrogens is 916 g/mol. The van der Waals surface area contributed by atoms with E-state index in [4.69, 9.17) is 35.3 Å². The summed E-state index contributed by atoms with van der Waals surface area (Å²) in [6.07, 6.45) is 2.48. The third-order valence-electron chi connectivity index (χ3n) is 12.0. The predicted molar refractivity (Wildman–Crippen MR) is 249 cm³/mol. The van der Waals surface area contributed by atoms with Crippen molar-refractivity contribution in [2.24, 2.45) is 5.92 Å². The largest absolute Gasteiger partial charge is 0.495 e. The van der Waals surface area contributed by atoms with Crippen LogP contribution in [0.5, 0.6) is 5.75 Å². The van der Waals surface area contributed by atoms with Crippen LogP contribution >= 0.6 is 33.2 Å². The molecule has 1 aromatic heterocycles. The number of benzene rings is 1. The normalized spacial score (nSPS) is 27.5. The van der Waals surface area contributed by atoms with Crippen LogP contribution in [0.2, 0.25) is 5.02 Å². The quantitative estimate of drug-likeness (QED) is 0.0971. The fourth-order valence-electron chi connectivity index (χ4n) is 7.78. The summed E-state index contributed by atoms with van der Waals surface area (Å²) in [5.74, 6) is -1.10. The molecule has 3 aliphatic heterocycles. The highest BCUT2D eigenvalue weighted by Gasteiger charge is 2.64. The molecule has 66 heavy (non-hydrogen) atoms. The number of carbonyl (C=O) groups is 5. The van der Waals surface area contributed by atoms with Gasteiger partial charge in [0.2, 0.25) is 17.7 Å². The van der Waals surface area contributed by atoms with Gasteiger partial charge in [-0.15, -0.1) is 20.4 Å². The Bertz CT molecular complexity index is 2160. The van der Waals surface area contributed by atoms with Crippen molar-refractivity contribution in [2.45, 2.75) is 127 Å². The molecular formula is C44H61ClN8O11S2. The number of allylic oxidation sites excluding steroid dienone is 3. The number of aromatic nitrogens is 4. The van der Waals surface area contributed by atoms with Crippen LogP contribution in [0.4, 0.5) is 10.5 Å². The van der Waals surface area contributed by atoms with E-state index in [1.54, 1.807) is 73.7 Å². The monoisotopic (exact) mass is 976 g/mol. The summed E-state index contributed by atoms with van der Waals surface area (Å²) in [4.78, 5) is 69.8. The fourth-order valence-corrected chi connectivity index (χ4v) is 10.6. The number of carbonyl (C=O) groups excluding carboxylic acids is 5. The van der Waals surface area contributed by atoms with Gasteiger partial charge < -0.3 is 43.9 Å². The second-order valence-corrected chi connectivity index (χ2v) is 21.1. The highest BCUT2D eigenvalue weighted by molar-refractivity contribution is 8.77. The molecule has 0 unspecified atom stereocenters.